The standard InChI is InChI=1S/C22H43N5O13.H2O4S/c23-2-1-8(29)20(36)27-7-3-6(25)18(39-22-16(34)15(33)13(31)9(4-24)37-22)17(35)19(7)40-21-14(32)11(26)12(30)10(5-28)38-21;1-5(2,3)4/h6-19,21-22,28-35H,1-5,23-26H2,(H,27,36);(H2,1,2,3,4)/t6-,7+,8-,9+,10-,11+,12-,13+,14-,15-,16+,17-,18+,19-,21-,22+;/m0./s1. The molecule has 1 amide bonds. The monoisotopic (exact) mass is 683 g/mol. The Morgan fingerprint density at radius 2 is 1.38 bits per heavy atom. The highest BCUT2D eigenvalue weighted by Gasteiger charge is 2.52. The van der Waals surface area contributed by atoms with E-state index >= 15 is 0 Å². The molecule has 19 N–H and O–H groups in total. The topological polar surface area (TPSA) is 407 Å². The summed E-state index contributed by atoms with van der Waals surface area (Å²) in [7, 11) is -4.67. The van der Waals surface area contributed by atoms with Gasteiger partial charge >= 0.3 is 10.4 Å². The summed E-state index contributed by atoms with van der Waals surface area (Å²) in [4.78, 5) is 12.6. The Kier molecular flexibility index (Phi) is 15.2. The fourth-order valence-electron chi connectivity index (χ4n) is 5.07. The highest BCUT2D eigenvalue weighted by atomic mass is 32.3. The summed E-state index contributed by atoms with van der Waals surface area (Å²) >= 11 is 0. The van der Waals surface area contributed by atoms with Crippen LogP contribution < -0.4 is 28.3 Å². The second-order valence-electron chi connectivity index (χ2n) is 10.8. The lowest BCUT2D eigenvalue weighted by Crippen LogP contribution is -2.69. The molecule has 2 heterocycles. The average molecular weight is 684 g/mol. The first kappa shape index (κ1) is 39.9. The summed E-state index contributed by atoms with van der Waals surface area (Å²) < 4.78 is 54.1. The minimum Gasteiger partial charge on any atom is -0.394 e. The van der Waals surface area contributed by atoms with Crippen LogP contribution in [-0.4, -0.2) is 182 Å². The normalized spacial score (nSPS) is 43.1. The van der Waals surface area contributed by atoms with Crippen LogP contribution in [0.2, 0.25) is 0 Å². The fraction of sp³-hybridized carbons (Fsp3) is 0.955. The SMILES string of the molecule is NCC[C@H](O)C(=O)N[C@@H]1C[C@H](N)[C@@H](O[C@H]2O[C@H](CN)[C@@H](O)[C@H](O)[C@H]2O)[C@H](O)[C@H]1O[C@@H]1O[C@@H](CO)[C@H](O)[C@@H](N)[C@@H]1O.O=S(=O)(O)O. The van der Waals surface area contributed by atoms with E-state index in [1.807, 2.05) is 0 Å². The van der Waals surface area contributed by atoms with Crippen molar-refractivity contribution in [2.45, 2.75) is 111 Å². The second kappa shape index (κ2) is 17.2. The molecule has 1 saturated carbocycles. The first-order valence-electron chi connectivity index (χ1n) is 13.8. The van der Waals surface area contributed by atoms with Gasteiger partial charge in [-0.3, -0.25) is 13.9 Å². The van der Waals surface area contributed by atoms with Crippen molar-refractivity contribution in [1.82, 2.24) is 5.32 Å². The van der Waals surface area contributed by atoms with Crippen LogP contribution in [0.15, 0.2) is 0 Å². The quantitative estimate of drug-likeness (QED) is 0.0950. The first-order valence-corrected chi connectivity index (χ1v) is 15.2. The zero-order valence-corrected chi connectivity index (χ0v) is 24.6. The number of hydrogen-bond donors (Lipinski definition) is 15. The Balaban J connectivity index is 0.00000130. The van der Waals surface area contributed by atoms with Gasteiger partial charge in [-0.25, -0.2) is 0 Å². The molecule has 0 bridgehead atoms. The Morgan fingerprint density at radius 1 is 0.844 bits per heavy atom. The maximum atomic E-state index is 12.6. The zero-order chi connectivity index (χ0) is 34.4. The predicted octanol–water partition coefficient (Wildman–Crippen LogP) is -9.08. The highest BCUT2D eigenvalue weighted by Crippen LogP contribution is 2.32. The second-order valence-corrected chi connectivity index (χ2v) is 11.7. The molecule has 266 valence electrons. The van der Waals surface area contributed by atoms with Gasteiger partial charge in [0.2, 0.25) is 5.91 Å². The van der Waals surface area contributed by atoms with Crippen molar-refractivity contribution in [3.05, 3.63) is 0 Å². The highest BCUT2D eigenvalue weighted by molar-refractivity contribution is 7.79. The molecular formula is C22H45N5O17S. The molecule has 45 heavy (non-hydrogen) atoms. The number of nitrogens with one attached hydrogen (secondary N) is 1. The minimum atomic E-state index is -4.67. The van der Waals surface area contributed by atoms with E-state index < -0.39 is 121 Å². The number of amides is 1. The minimum absolute atomic E-state index is 0.0101. The molecule has 3 fully saturated rings. The molecule has 2 aliphatic heterocycles. The van der Waals surface area contributed by atoms with Crippen molar-refractivity contribution in [3.8, 4) is 0 Å². The van der Waals surface area contributed by atoms with Gasteiger partial charge in [-0.15, -0.1) is 0 Å². The van der Waals surface area contributed by atoms with E-state index in [1.165, 1.54) is 0 Å². The molecular weight excluding hydrogens is 638 g/mol. The van der Waals surface area contributed by atoms with E-state index in [1.54, 1.807) is 0 Å². The van der Waals surface area contributed by atoms with Crippen LogP contribution >= 0.6 is 0 Å². The van der Waals surface area contributed by atoms with Crippen molar-refractivity contribution in [2.24, 2.45) is 22.9 Å². The third-order valence-electron chi connectivity index (χ3n) is 7.51. The number of carbonyl (C=O) groups excluding carboxylic acids is 1. The third-order valence-corrected chi connectivity index (χ3v) is 7.51. The zero-order valence-electron chi connectivity index (χ0n) is 23.8. The molecule has 0 unspecified atom stereocenters. The molecule has 0 aromatic heterocycles. The third kappa shape index (κ3) is 10.6. The number of rotatable bonds is 10. The van der Waals surface area contributed by atoms with E-state index in [0.29, 0.717) is 0 Å². The van der Waals surface area contributed by atoms with Crippen LogP contribution in [-0.2, 0) is 34.1 Å². The van der Waals surface area contributed by atoms with Gasteiger partial charge in [-0.2, -0.15) is 8.42 Å². The molecule has 0 radical (unpaired) electrons. The fourth-order valence-corrected chi connectivity index (χ4v) is 5.07. The average Bonchev–Trinajstić information content (AvgIpc) is 2.96. The Labute approximate surface area is 257 Å². The maximum Gasteiger partial charge on any atom is 0.394 e. The predicted molar refractivity (Wildman–Crippen MR) is 146 cm³/mol. The number of aliphatic hydroxyl groups excluding tert-OH is 8. The number of hydrogen-bond acceptors (Lipinski definition) is 19. The number of carbonyl (C=O) groups is 1. The van der Waals surface area contributed by atoms with E-state index in [2.05, 4.69) is 5.32 Å². The maximum absolute atomic E-state index is 12.6. The Morgan fingerprint density at radius 3 is 1.91 bits per heavy atom. The largest absolute Gasteiger partial charge is 0.394 e. The lowest BCUT2D eigenvalue weighted by molar-refractivity contribution is -0.332. The van der Waals surface area contributed by atoms with Crippen LogP contribution in [0.25, 0.3) is 0 Å². The first-order chi connectivity index (χ1) is 20.9. The molecule has 22 nitrogen and oxygen atoms in total. The van der Waals surface area contributed by atoms with Gasteiger partial charge in [0.15, 0.2) is 12.6 Å². The summed E-state index contributed by atoms with van der Waals surface area (Å²) in [5.74, 6) is -0.845. The van der Waals surface area contributed by atoms with Crippen LogP contribution in [0.3, 0.4) is 0 Å². The van der Waals surface area contributed by atoms with E-state index in [4.69, 9.17) is 59.4 Å². The van der Waals surface area contributed by atoms with Gasteiger partial charge in [0, 0.05) is 12.6 Å². The summed E-state index contributed by atoms with van der Waals surface area (Å²) in [5.41, 5.74) is 23.1. The van der Waals surface area contributed by atoms with Gasteiger partial charge in [0.05, 0.1) is 18.7 Å². The van der Waals surface area contributed by atoms with Gasteiger partial charge in [-0.1, -0.05) is 0 Å². The van der Waals surface area contributed by atoms with Gasteiger partial charge in [0.1, 0.15) is 67.1 Å². The molecule has 23 heteroatoms. The lowest BCUT2D eigenvalue weighted by atomic mass is 9.83. The van der Waals surface area contributed by atoms with Crippen LogP contribution in [0.4, 0.5) is 0 Å². The molecule has 0 aromatic rings. The molecule has 16 atom stereocenters. The molecule has 2 saturated heterocycles. The van der Waals surface area contributed by atoms with Gasteiger partial charge < -0.3 is 88.1 Å². The van der Waals surface area contributed by atoms with Crippen molar-refractivity contribution < 1.29 is 82.1 Å². The van der Waals surface area contributed by atoms with Crippen LogP contribution in [0, 0.1) is 0 Å². The summed E-state index contributed by atoms with van der Waals surface area (Å²) in [6.07, 6.45) is -19.8. The Hall–Kier alpha value is -1.30. The molecule has 1 aliphatic carbocycles. The molecule has 0 spiro atoms. The lowest BCUT2D eigenvalue weighted by Gasteiger charge is -2.49. The summed E-state index contributed by atoms with van der Waals surface area (Å²) in [5, 5.41) is 84.9. The number of ether oxygens (including phenoxy) is 4. The molecule has 0 aromatic carbocycles. The van der Waals surface area contributed by atoms with Crippen molar-refractivity contribution in [3.63, 3.8) is 0 Å². The van der Waals surface area contributed by atoms with Crippen LogP contribution in [0.1, 0.15) is 12.8 Å². The number of aliphatic hydroxyl groups is 8. The number of nitrogens with two attached hydrogens (primary N) is 4. The van der Waals surface area contributed by atoms with E-state index in [-0.39, 0.29) is 25.9 Å². The molecule has 3 rings (SSSR count). The van der Waals surface area contributed by atoms with Crippen LogP contribution in [0.5, 0.6) is 0 Å². The summed E-state index contributed by atoms with van der Waals surface area (Å²) in [6.45, 7) is -0.898. The van der Waals surface area contributed by atoms with E-state index in [0.717, 1.165) is 0 Å². The van der Waals surface area contributed by atoms with Crippen molar-refractivity contribution in [1.29, 1.82) is 0 Å². The van der Waals surface area contributed by atoms with Crippen molar-refractivity contribution in [2.75, 3.05) is 19.7 Å². The summed E-state index contributed by atoms with van der Waals surface area (Å²) in [6, 6.07) is -3.45. The smallest absolute Gasteiger partial charge is 0.394 e. The Bertz CT molecular complexity index is 1020. The van der Waals surface area contributed by atoms with Gasteiger partial charge in [0.25, 0.3) is 0 Å². The van der Waals surface area contributed by atoms with E-state index in [9.17, 15) is 45.6 Å². The molecule has 3 aliphatic rings. The van der Waals surface area contributed by atoms with Crippen molar-refractivity contribution >= 4 is 16.3 Å². The van der Waals surface area contributed by atoms with Gasteiger partial charge in [-0.05, 0) is 19.4 Å².